The first kappa shape index (κ1) is 18.1. The summed E-state index contributed by atoms with van der Waals surface area (Å²) in [5.74, 6) is -1.34. The molecule has 0 spiro atoms. The van der Waals surface area contributed by atoms with E-state index in [2.05, 4.69) is 0 Å². The quantitative estimate of drug-likeness (QED) is 0.677. The fourth-order valence-electron chi connectivity index (χ4n) is 1.99. The van der Waals surface area contributed by atoms with E-state index in [9.17, 15) is 14.7 Å². The Bertz CT molecular complexity index is 517. The standard InChI is InChI=1S/C16H24N2O4/c1-3-4-9-22-11-15(19)18(2)14-10-12(7-8-17)5-6-13(14)16(20)21/h5-6,10H,3-4,7-9,11,17H2,1-2H3,(H,20,21). The first-order valence-corrected chi connectivity index (χ1v) is 7.41. The van der Waals surface area contributed by atoms with Crippen LogP contribution < -0.4 is 10.6 Å². The van der Waals surface area contributed by atoms with E-state index in [1.54, 1.807) is 19.2 Å². The molecule has 0 aromatic heterocycles. The van der Waals surface area contributed by atoms with Gasteiger partial charge in [0.25, 0.3) is 5.91 Å². The highest BCUT2D eigenvalue weighted by atomic mass is 16.5. The van der Waals surface area contributed by atoms with Crippen LogP contribution in [0.2, 0.25) is 0 Å². The van der Waals surface area contributed by atoms with Crippen molar-refractivity contribution in [2.45, 2.75) is 26.2 Å². The second kappa shape index (κ2) is 9.17. The molecule has 0 aliphatic carbocycles. The predicted octanol–water partition coefficient (Wildman–Crippen LogP) is 1.67. The third kappa shape index (κ3) is 5.13. The largest absolute Gasteiger partial charge is 0.478 e. The molecule has 1 aromatic carbocycles. The lowest BCUT2D eigenvalue weighted by atomic mass is 10.1. The Morgan fingerprint density at radius 3 is 2.68 bits per heavy atom. The number of hydrogen-bond acceptors (Lipinski definition) is 4. The topological polar surface area (TPSA) is 92.9 Å². The zero-order valence-electron chi connectivity index (χ0n) is 13.2. The van der Waals surface area contributed by atoms with Gasteiger partial charge in [0.05, 0.1) is 11.3 Å². The number of hydrogen-bond donors (Lipinski definition) is 2. The van der Waals surface area contributed by atoms with Gasteiger partial charge < -0.3 is 20.5 Å². The van der Waals surface area contributed by atoms with Crippen LogP contribution in [0.5, 0.6) is 0 Å². The van der Waals surface area contributed by atoms with Gasteiger partial charge in [-0.2, -0.15) is 0 Å². The van der Waals surface area contributed by atoms with Crippen molar-refractivity contribution < 1.29 is 19.4 Å². The number of carboxylic acids is 1. The lowest BCUT2D eigenvalue weighted by Crippen LogP contribution is -2.31. The summed E-state index contributed by atoms with van der Waals surface area (Å²) in [6.45, 7) is 2.97. The maximum Gasteiger partial charge on any atom is 0.337 e. The summed E-state index contributed by atoms with van der Waals surface area (Å²) in [7, 11) is 1.56. The lowest BCUT2D eigenvalue weighted by Gasteiger charge is -2.20. The Morgan fingerprint density at radius 2 is 2.09 bits per heavy atom. The Labute approximate surface area is 130 Å². The average Bonchev–Trinajstić information content (AvgIpc) is 2.50. The van der Waals surface area contributed by atoms with Crippen molar-refractivity contribution in [2.75, 3.05) is 31.7 Å². The summed E-state index contributed by atoms with van der Waals surface area (Å²) in [5, 5.41) is 9.27. The molecular weight excluding hydrogens is 284 g/mol. The van der Waals surface area contributed by atoms with Gasteiger partial charge in [-0.15, -0.1) is 0 Å². The summed E-state index contributed by atoms with van der Waals surface area (Å²) in [4.78, 5) is 24.8. The van der Waals surface area contributed by atoms with Gasteiger partial charge in [-0.1, -0.05) is 19.4 Å². The Balaban J connectivity index is 2.88. The summed E-state index contributed by atoms with van der Waals surface area (Å²) in [5.41, 5.74) is 6.87. The number of likely N-dealkylation sites (N-methyl/N-ethyl adjacent to an activating group) is 1. The third-order valence-corrected chi connectivity index (χ3v) is 3.33. The van der Waals surface area contributed by atoms with E-state index in [4.69, 9.17) is 10.5 Å². The minimum absolute atomic E-state index is 0.0589. The highest BCUT2D eigenvalue weighted by Gasteiger charge is 2.19. The molecule has 1 rings (SSSR count). The SMILES string of the molecule is CCCCOCC(=O)N(C)c1cc(CCN)ccc1C(=O)O. The molecule has 3 N–H and O–H groups in total. The number of carbonyl (C=O) groups excluding carboxylic acids is 1. The molecule has 0 atom stereocenters. The van der Waals surface area contributed by atoms with E-state index in [0.29, 0.717) is 25.3 Å². The van der Waals surface area contributed by atoms with Gasteiger partial charge in [0.15, 0.2) is 0 Å². The Hall–Kier alpha value is -1.92. The molecule has 6 heteroatoms. The first-order valence-electron chi connectivity index (χ1n) is 7.41. The van der Waals surface area contributed by atoms with Crippen molar-refractivity contribution in [3.05, 3.63) is 29.3 Å². The van der Waals surface area contributed by atoms with Crippen molar-refractivity contribution in [3.8, 4) is 0 Å². The summed E-state index contributed by atoms with van der Waals surface area (Å²) in [6, 6.07) is 4.92. The zero-order chi connectivity index (χ0) is 16.5. The summed E-state index contributed by atoms with van der Waals surface area (Å²) in [6.07, 6.45) is 2.51. The molecule has 0 heterocycles. The van der Waals surface area contributed by atoms with Gasteiger partial charge in [0.2, 0.25) is 0 Å². The fourth-order valence-corrected chi connectivity index (χ4v) is 1.99. The van der Waals surface area contributed by atoms with Crippen LogP contribution in [0.15, 0.2) is 18.2 Å². The van der Waals surface area contributed by atoms with Crippen molar-refractivity contribution in [2.24, 2.45) is 5.73 Å². The van der Waals surface area contributed by atoms with E-state index in [0.717, 1.165) is 18.4 Å². The number of aromatic carboxylic acids is 1. The van der Waals surface area contributed by atoms with Crippen LogP contribution in [-0.4, -0.2) is 43.8 Å². The number of unbranched alkanes of at least 4 members (excludes halogenated alkanes) is 1. The molecular formula is C16H24N2O4. The van der Waals surface area contributed by atoms with Crippen molar-refractivity contribution in [3.63, 3.8) is 0 Å². The minimum atomic E-state index is -1.07. The molecule has 0 saturated carbocycles. The summed E-state index contributed by atoms with van der Waals surface area (Å²) < 4.78 is 5.30. The second-order valence-corrected chi connectivity index (χ2v) is 5.05. The first-order chi connectivity index (χ1) is 10.5. The smallest absolute Gasteiger partial charge is 0.337 e. The van der Waals surface area contributed by atoms with Crippen LogP contribution in [0.4, 0.5) is 5.69 Å². The van der Waals surface area contributed by atoms with Crippen LogP contribution in [0.1, 0.15) is 35.7 Å². The molecule has 0 saturated heterocycles. The molecule has 0 unspecified atom stereocenters. The molecule has 22 heavy (non-hydrogen) atoms. The van der Waals surface area contributed by atoms with E-state index in [-0.39, 0.29) is 18.1 Å². The second-order valence-electron chi connectivity index (χ2n) is 5.05. The van der Waals surface area contributed by atoms with E-state index < -0.39 is 5.97 Å². The molecule has 0 radical (unpaired) electrons. The maximum atomic E-state index is 12.1. The highest BCUT2D eigenvalue weighted by molar-refractivity contribution is 6.02. The third-order valence-electron chi connectivity index (χ3n) is 3.33. The zero-order valence-corrected chi connectivity index (χ0v) is 13.2. The van der Waals surface area contributed by atoms with Crippen molar-refractivity contribution >= 4 is 17.6 Å². The van der Waals surface area contributed by atoms with Gasteiger partial charge >= 0.3 is 5.97 Å². The summed E-state index contributed by atoms with van der Waals surface area (Å²) >= 11 is 0. The molecule has 0 aliphatic rings. The van der Waals surface area contributed by atoms with Crippen LogP contribution in [-0.2, 0) is 16.0 Å². The predicted molar refractivity (Wildman–Crippen MR) is 85.3 cm³/mol. The number of benzene rings is 1. The fraction of sp³-hybridized carbons (Fsp3) is 0.500. The number of anilines is 1. The van der Waals surface area contributed by atoms with Gasteiger partial charge in [0.1, 0.15) is 6.61 Å². The van der Waals surface area contributed by atoms with Crippen LogP contribution >= 0.6 is 0 Å². The minimum Gasteiger partial charge on any atom is -0.478 e. The van der Waals surface area contributed by atoms with Crippen LogP contribution in [0, 0.1) is 0 Å². The number of ether oxygens (including phenoxy) is 1. The molecule has 6 nitrogen and oxygen atoms in total. The van der Waals surface area contributed by atoms with E-state index >= 15 is 0 Å². The van der Waals surface area contributed by atoms with E-state index in [1.807, 2.05) is 6.92 Å². The van der Waals surface area contributed by atoms with Gasteiger partial charge in [-0.25, -0.2) is 4.79 Å². The Kier molecular flexibility index (Phi) is 7.56. The van der Waals surface area contributed by atoms with Crippen molar-refractivity contribution in [1.82, 2.24) is 0 Å². The average molecular weight is 308 g/mol. The maximum absolute atomic E-state index is 12.1. The number of carboxylic acid groups (broad SMARTS) is 1. The highest BCUT2D eigenvalue weighted by Crippen LogP contribution is 2.22. The van der Waals surface area contributed by atoms with Crippen LogP contribution in [0.3, 0.4) is 0 Å². The monoisotopic (exact) mass is 308 g/mol. The molecule has 0 aliphatic heterocycles. The van der Waals surface area contributed by atoms with Gasteiger partial charge in [0, 0.05) is 13.7 Å². The van der Waals surface area contributed by atoms with E-state index in [1.165, 1.54) is 11.0 Å². The molecule has 1 amide bonds. The number of nitrogens with zero attached hydrogens (tertiary/aromatic N) is 1. The molecule has 1 aromatic rings. The van der Waals surface area contributed by atoms with Crippen LogP contribution in [0.25, 0.3) is 0 Å². The Morgan fingerprint density at radius 1 is 1.36 bits per heavy atom. The van der Waals surface area contributed by atoms with Crippen molar-refractivity contribution in [1.29, 1.82) is 0 Å². The number of nitrogens with two attached hydrogens (primary N) is 1. The van der Waals surface area contributed by atoms with Gasteiger partial charge in [-0.05, 0) is 37.1 Å². The molecule has 122 valence electrons. The number of amides is 1. The lowest BCUT2D eigenvalue weighted by molar-refractivity contribution is -0.122. The molecule has 0 fully saturated rings. The number of rotatable bonds is 9. The van der Waals surface area contributed by atoms with Gasteiger partial charge in [-0.3, -0.25) is 4.79 Å². The normalized spacial score (nSPS) is 10.5. The number of carbonyl (C=O) groups is 2. The molecule has 0 bridgehead atoms.